The average Bonchev–Trinajstić information content (AvgIpc) is 3.40. The molecule has 1 atom stereocenters. The van der Waals surface area contributed by atoms with Gasteiger partial charge in [0.15, 0.2) is 22.4 Å². The van der Waals surface area contributed by atoms with Gasteiger partial charge >= 0.3 is 5.63 Å². The second-order valence-electron chi connectivity index (χ2n) is 7.20. The van der Waals surface area contributed by atoms with Crippen molar-refractivity contribution < 1.29 is 18.7 Å². The van der Waals surface area contributed by atoms with Crippen molar-refractivity contribution in [1.82, 2.24) is 4.98 Å². The second-order valence-corrected chi connectivity index (χ2v) is 8.43. The van der Waals surface area contributed by atoms with Crippen molar-refractivity contribution >= 4 is 33.2 Å². The Morgan fingerprint density at radius 3 is 2.84 bits per heavy atom. The number of nitrogens with zero attached hydrogens (tertiary/aromatic N) is 1. The van der Waals surface area contributed by atoms with Gasteiger partial charge in [-0.25, -0.2) is 9.78 Å². The van der Waals surface area contributed by atoms with Crippen molar-refractivity contribution in [2.45, 2.75) is 19.4 Å². The number of anilines is 1. The Morgan fingerprint density at radius 2 is 2.00 bits per heavy atom. The van der Waals surface area contributed by atoms with Crippen molar-refractivity contribution in [3.8, 4) is 11.5 Å². The van der Waals surface area contributed by atoms with Crippen molar-refractivity contribution in [2.24, 2.45) is 0 Å². The molecule has 2 aromatic heterocycles. The van der Waals surface area contributed by atoms with E-state index in [-0.39, 0.29) is 24.6 Å². The molecular formula is C23H18N2O5S. The molecule has 0 saturated carbocycles. The number of benzene rings is 2. The molecule has 8 heteroatoms. The third-order valence-electron chi connectivity index (χ3n) is 5.05. The van der Waals surface area contributed by atoms with Crippen molar-refractivity contribution in [3.05, 3.63) is 81.2 Å². The maximum atomic E-state index is 13.1. The minimum absolute atomic E-state index is 0.0292. The number of rotatable bonds is 6. The summed E-state index contributed by atoms with van der Waals surface area (Å²) in [6.45, 7) is 2.13. The van der Waals surface area contributed by atoms with E-state index in [1.54, 1.807) is 30.5 Å². The first-order chi connectivity index (χ1) is 15.1. The van der Waals surface area contributed by atoms with Gasteiger partial charge in [-0.1, -0.05) is 24.3 Å². The van der Waals surface area contributed by atoms with E-state index in [4.69, 9.17) is 13.9 Å². The zero-order valence-electron chi connectivity index (χ0n) is 16.6. The fourth-order valence-corrected chi connectivity index (χ4v) is 4.22. The average molecular weight is 434 g/mol. The van der Waals surface area contributed by atoms with Crippen LogP contribution in [-0.2, 0) is 0 Å². The molecule has 4 aromatic rings. The monoisotopic (exact) mass is 434 g/mol. The Balaban J connectivity index is 1.48. The molecule has 0 aliphatic carbocycles. The van der Waals surface area contributed by atoms with Crippen molar-refractivity contribution in [2.75, 3.05) is 12.1 Å². The van der Waals surface area contributed by atoms with E-state index in [2.05, 4.69) is 10.3 Å². The van der Waals surface area contributed by atoms with E-state index in [0.29, 0.717) is 27.6 Å². The van der Waals surface area contributed by atoms with Crippen LogP contribution in [0.15, 0.2) is 63.9 Å². The van der Waals surface area contributed by atoms with Crippen molar-refractivity contribution in [3.63, 3.8) is 0 Å². The number of hydrogen-bond acceptors (Lipinski definition) is 8. The summed E-state index contributed by atoms with van der Waals surface area (Å²) < 4.78 is 16.2. The second kappa shape index (κ2) is 7.88. The topological polar surface area (TPSA) is 90.7 Å². The van der Waals surface area contributed by atoms with Gasteiger partial charge in [0.05, 0.1) is 6.04 Å². The normalized spacial score (nSPS) is 13.3. The Bertz CT molecular complexity index is 1340. The van der Waals surface area contributed by atoms with Crippen LogP contribution in [0.3, 0.4) is 0 Å². The third-order valence-corrected chi connectivity index (χ3v) is 5.89. The van der Waals surface area contributed by atoms with Gasteiger partial charge in [0, 0.05) is 22.9 Å². The molecular weight excluding hydrogens is 416 g/mol. The summed E-state index contributed by atoms with van der Waals surface area (Å²) in [6, 6.07) is 13.8. The van der Waals surface area contributed by atoms with Gasteiger partial charge in [0.2, 0.25) is 6.79 Å². The largest absolute Gasteiger partial charge is 0.454 e. The van der Waals surface area contributed by atoms with Crippen LogP contribution in [0.5, 0.6) is 11.5 Å². The molecule has 0 unspecified atom stereocenters. The lowest BCUT2D eigenvalue weighted by Gasteiger charge is -2.18. The standard InChI is InChI=1S/C23H18N2O5S/c1-13-11-24-23(31-13)25-17(14-6-7-20-21(9-14)29-12-28-20)10-18(26)16-8-15-4-2-3-5-19(15)30-22(16)27/h2-9,11,17H,10,12H2,1H3,(H,24,25)/t17-/m0/s1. The predicted octanol–water partition coefficient (Wildman–Crippen LogP) is 4.71. The zero-order valence-corrected chi connectivity index (χ0v) is 17.4. The number of aryl methyl sites for hydroxylation is 1. The number of nitrogens with one attached hydrogen (secondary N) is 1. The van der Waals surface area contributed by atoms with Crippen LogP contribution in [-0.4, -0.2) is 17.6 Å². The fraction of sp³-hybridized carbons (Fsp3) is 0.174. The third kappa shape index (κ3) is 3.89. The highest BCUT2D eigenvalue weighted by Gasteiger charge is 2.24. The van der Waals surface area contributed by atoms with Crippen LogP contribution >= 0.6 is 11.3 Å². The van der Waals surface area contributed by atoms with E-state index in [1.807, 2.05) is 31.2 Å². The molecule has 7 nitrogen and oxygen atoms in total. The summed E-state index contributed by atoms with van der Waals surface area (Å²) >= 11 is 1.49. The van der Waals surface area contributed by atoms with Gasteiger partial charge in [0.1, 0.15) is 11.1 Å². The summed E-state index contributed by atoms with van der Waals surface area (Å²) in [5, 5.41) is 4.72. The summed E-state index contributed by atoms with van der Waals surface area (Å²) in [4.78, 5) is 31.0. The number of ketones is 1. The molecule has 5 rings (SSSR count). The number of hydrogen-bond donors (Lipinski definition) is 1. The molecule has 1 N–H and O–H groups in total. The van der Waals surface area contributed by atoms with Gasteiger partial charge in [-0.3, -0.25) is 4.79 Å². The first kappa shape index (κ1) is 19.3. The number of aromatic nitrogens is 1. The Hall–Kier alpha value is -3.65. The molecule has 0 fully saturated rings. The highest BCUT2D eigenvalue weighted by molar-refractivity contribution is 7.15. The van der Waals surface area contributed by atoms with Crippen LogP contribution in [0.1, 0.15) is 33.3 Å². The van der Waals surface area contributed by atoms with E-state index in [0.717, 1.165) is 10.4 Å². The molecule has 0 bridgehead atoms. The SMILES string of the molecule is Cc1cnc(N[C@@H](CC(=O)c2cc3ccccc3oc2=O)c2ccc3c(c2)OCO3)s1. The van der Waals surface area contributed by atoms with Crippen LogP contribution in [0, 0.1) is 6.92 Å². The number of fused-ring (bicyclic) bond motifs is 2. The summed E-state index contributed by atoms with van der Waals surface area (Å²) in [6.07, 6.45) is 1.81. The molecule has 1 aliphatic heterocycles. The summed E-state index contributed by atoms with van der Waals surface area (Å²) in [5.74, 6) is 0.967. The molecule has 0 amide bonds. The molecule has 2 aromatic carbocycles. The zero-order chi connectivity index (χ0) is 21.4. The number of para-hydroxylation sites is 1. The van der Waals surface area contributed by atoms with Gasteiger partial charge in [-0.05, 0) is 36.8 Å². The molecule has 0 saturated heterocycles. The molecule has 31 heavy (non-hydrogen) atoms. The van der Waals surface area contributed by atoms with Gasteiger partial charge < -0.3 is 19.2 Å². The molecule has 156 valence electrons. The molecule has 3 heterocycles. The maximum Gasteiger partial charge on any atom is 0.347 e. The lowest BCUT2D eigenvalue weighted by Crippen LogP contribution is -2.20. The van der Waals surface area contributed by atoms with E-state index in [9.17, 15) is 9.59 Å². The van der Waals surface area contributed by atoms with Crippen LogP contribution in [0.25, 0.3) is 11.0 Å². The number of thiazole rings is 1. The number of carbonyl (C=O) groups excluding carboxylic acids is 1. The lowest BCUT2D eigenvalue weighted by molar-refractivity contribution is 0.0973. The smallest absolute Gasteiger partial charge is 0.347 e. The Kier molecular flexibility index (Phi) is 4.91. The minimum atomic E-state index is -0.641. The van der Waals surface area contributed by atoms with Crippen LogP contribution in [0.2, 0.25) is 0 Å². The highest BCUT2D eigenvalue weighted by atomic mass is 32.1. The minimum Gasteiger partial charge on any atom is -0.454 e. The van der Waals surface area contributed by atoms with Gasteiger partial charge in [0.25, 0.3) is 0 Å². The Labute approximate surface area is 181 Å². The maximum absolute atomic E-state index is 13.1. The van der Waals surface area contributed by atoms with E-state index >= 15 is 0 Å². The van der Waals surface area contributed by atoms with Crippen LogP contribution < -0.4 is 20.4 Å². The molecule has 1 aliphatic rings. The van der Waals surface area contributed by atoms with Gasteiger partial charge in [-0.2, -0.15) is 0 Å². The van der Waals surface area contributed by atoms with E-state index in [1.165, 1.54) is 11.3 Å². The quantitative estimate of drug-likeness (QED) is 0.347. The predicted molar refractivity (Wildman–Crippen MR) is 117 cm³/mol. The summed E-state index contributed by atoms with van der Waals surface area (Å²) in [5.41, 5.74) is 0.670. The lowest BCUT2D eigenvalue weighted by atomic mass is 9.98. The number of Topliss-reactive ketones (excluding diaryl/α,β-unsaturated/α-hetero) is 1. The Morgan fingerprint density at radius 1 is 1.16 bits per heavy atom. The van der Waals surface area contributed by atoms with Crippen molar-refractivity contribution in [1.29, 1.82) is 0 Å². The summed E-state index contributed by atoms with van der Waals surface area (Å²) in [7, 11) is 0. The first-order valence-electron chi connectivity index (χ1n) is 9.71. The number of carbonyl (C=O) groups is 1. The molecule has 0 spiro atoms. The molecule has 0 radical (unpaired) electrons. The fourth-order valence-electron chi connectivity index (χ4n) is 3.50. The van der Waals surface area contributed by atoms with Gasteiger partial charge in [-0.15, -0.1) is 11.3 Å². The van der Waals surface area contributed by atoms with Crippen LogP contribution in [0.4, 0.5) is 5.13 Å². The highest BCUT2D eigenvalue weighted by Crippen LogP contribution is 2.36. The number of ether oxygens (including phenoxy) is 2. The first-order valence-corrected chi connectivity index (χ1v) is 10.5. The van der Waals surface area contributed by atoms with E-state index < -0.39 is 11.7 Å².